The summed E-state index contributed by atoms with van der Waals surface area (Å²) in [5.41, 5.74) is 2.52. The molecule has 0 aromatic rings. The summed E-state index contributed by atoms with van der Waals surface area (Å²) in [6, 6.07) is 0. The van der Waals surface area contributed by atoms with Crippen LogP contribution in [0.1, 0.15) is 19.8 Å². The van der Waals surface area contributed by atoms with Crippen molar-refractivity contribution < 1.29 is 9.63 Å². The van der Waals surface area contributed by atoms with E-state index in [0.717, 1.165) is 18.9 Å². The molecule has 15 heavy (non-hydrogen) atoms. The molecule has 0 unspecified atom stereocenters. The summed E-state index contributed by atoms with van der Waals surface area (Å²) in [7, 11) is 6.00. The van der Waals surface area contributed by atoms with Crippen molar-refractivity contribution in [2.75, 3.05) is 27.7 Å². The minimum Gasteiger partial charge on any atom is -0.367 e. The SMILES string of the molecule is C=CC(=O)ONCCCC.CN(C)C.I. The lowest BCUT2D eigenvalue weighted by molar-refractivity contribution is -0.144. The molecule has 0 aliphatic rings. The van der Waals surface area contributed by atoms with E-state index < -0.39 is 5.97 Å². The van der Waals surface area contributed by atoms with Gasteiger partial charge in [-0.3, -0.25) is 0 Å². The Morgan fingerprint density at radius 3 is 2.27 bits per heavy atom. The fourth-order valence-corrected chi connectivity index (χ4v) is 0.413. The van der Waals surface area contributed by atoms with E-state index >= 15 is 0 Å². The molecule has 4 nitrogen and oxygen atoms in total. The van der Waals surface area contributed by atoms with Crippen LogP contribution in [-0.2, 0) is 9.63 Å². The monoisotopic (exact) mass is 330 g/mol. The largest absolute Gasteiger partial charge is 0.367 e. The van der Waals surface area contributed by atoms with Gasteiger partial charge in [-0.15, -0.1) is 24.0 Å². The standard InChI is InChI=1S/C7H13NO2.C3H9N.HI/c1-3-5-6-8-10-7(9)4-2;1-4(2)3;/h4,8H,2-3,5-6H2,1H3;1-3H3;1H. The predicted octanol–water partition coefficient (Wildman–Crippen LogP) is 1.82. The molecule has 0 fully saturated rings. The summed E-state index contributed by atoms with van der Waals surface area (Å²) in [5.74, 6) is -0.434. The summed E-state index contributed by atoms with van der Waals surface area (Å²) in [5, 5.41) is 0. The molecule has 0 atom stereocenters. The van der Waals surface area contributed by atoms with Gasteiger partial charge >= 0.3 is 5.97 Å². The van der Waals surface area contributed by atoms with Crippen molar-refractivity contribution >= 4 is 29.9 Å². The molecule has 0 rings (SSSR count). The van der Waals surface area contributed by atoms with Gasteiger partial charge in [-0.1, -0.05) is 19.9 Å². The molecule has 0 bridgehead atoms. The van der Waals surface area contributed by atoms with Gasteiger partial charge in [0.25, 0.3) is 0 Å². The highest BCUT2D eigenvalue weighted by molar-refractivity contribution is 14.0. The molecule has 0 saturated heterocycles. The molecular weight excluding hydrogens is 307 g/mol. The zero-order chi connectivity index (χ0) is 11.4. The first-order chi connectivity index (χ1) is 6.54. The van der Waals surface area contributed by atoms with E-state index in [-0.39, 0.29) is 24.0 Å². The molecule has 1 N–H and O–H groups in total. The highest BCUT2D eigenvalue weighted by atomic mass is 127. The second kappa shape index (κ2) is 16.3. The third-order valence-corrected chi connectivity index (χ3v) is 0.972. The van der Waals surface area contributed by atoms with Crippen LogP contribution in [0, 0.1) is 0 Å². The highest BCUT2D eigenvalue weighted by Gasteiger charge is 1.91. The third-order valence-electron chi connectivity index (χ3n) is 0.972. The molecule has 0 aliphatic carbocycles. The van der Waals surface area contributed by atoms with Crippen LogP contribution in [0.5, 0.6) is 0 Å². The Hall–Kier alpha value is -0.140. The van der Waals surface area contributed by atoms with E-state index in [1.165, 1.54) is 0 Å². The van der Waals surface area contributed by atoms with Crippen molar-refractivity contribution in [3.05, 3.63) is 12.7 Å². The second-order valence-electron chi connectivity index (χ2n) is 3.21. The van der Waals surface area contributed by atoms with Gasteiger partial charge in [0.05, 0.1) is 0 Å². The van der Waals surface area contributed by atoms with E-state index in [9.17, 15) is 4.79 Å². The van der Waals surface area contributed by atoms with Gasteiger partial charge in [0.2, 0.25) is 0 Å². The van der Waals surface area contributed by atoms with Crippen LogP contribution in [0.4, 0.5) is 0 Å². The van der Waals surface area contributed by atoms with Gasteiger partial charge < -0.3 is 9.74 Å². The molecule has 92 valence electrons. The van der Waals surface area contributed by atoms with Crippen molar-refractivity contribution in [3.63, 3.8) is 0 Å². The fourth-order valence-electron chi connectivity index (χ4n) is 0.413. The Bertz CT molecular complexity index is 150. The lowest BCUT2D eigenvalue weighted by Crippen LogP contribution is -2.19. The Morgan fingerprint density at radius 2 is 1.93 bits per heavy atom. The minimum atomic E-state index is -0.434. The average Bonchev–Trinajstić information content (AvgIpc) is 2.11. The lowest BCUT2D eigenvalue weighted by Gasteiger charge is -2.00. The number of nitrogens with one attached hydrogen (secondary N) is 1. The van der Waals surface area contributed by atoms with E-state index in [2.05, 4.69) is 23.8 Å². The normalized spacial score (nSPS) is 8.33. The average molecular weight is 330 g/mol. The Kier molecular flexibility index (Phi) is 22.0. The number of hydrogen-bond donors (Lipinski definition) is 1. The van der Waals surface area contributed by atoms with Gasteiger partial charge in [0.1, 0.15) is 0 Å². The molecule has 0 aliphatic heterocycles. The van der Waals surface area contributed by atoms with Crippen LogP contribution < -0.4 is 5.48 Å². The number of carbonyl (C=O) groups excluding carboxylic acids is 1. The van der Waals surface area contributed by atoms with Gasteiger partial charge in [0, 0.05) is 12.6 Å². The molecule has 0 aromatic carbocycles. The zero-order valence-corrected chi connectivity index (χ0v) is 12.4. The molecule has 0 aromatic heterocycles. The van der Waals surface area contributed by atoms with Crippen molar-refractivity contribution in [2.45, 2.75) is 19.8 Å². The zero-order valence-electron chi connectivity index (χ0n) is 10.1. The summed E-state index contributed by atoms with van der Waals surface area (Å²) in [6.07, 6.45) is 3.21. The van der Waals surface area contributed by atoms with Gasteiger partial charge in [-0.05, 0) is 27.6 Å². The maximum absolute atomic E-state index is 10.4. The first-order valence-corrected chi connectivity index (χ1v) is 4.71. The molecular formula is C10H23IN2O2. The van der Waals surface area contributed by atoms with E-state index in [1.807, 2.05) is 26.0 Å². The number of nitrogens with zero attached hydrogens (tertiary/aromatic N) is 1. The molecule has 0 radical (unpaired) electrons. The summed E-state index contributed by atoms with van der Waals surface area (Å²) in [6.45, 7) is 6.02. The van der Waals surface area contributed by atoms with Crippen LogP contribution >= 0.6 is 24.0 Å². The number of halogens is 1. The highest BCUT2D eigenvalue weighted by Crippen LogP contribution is 1.82. The van der Waals surface area contributed by atoms with E-state index in [4.69, 9.17) is 0 Å². The molecule has 0 spiro atoms. The molecule has 0 heterocycles. The van der Waals surface area contributed by atoms with Crippen LogP contribution in [0.3, 0.4) is 0 Å². The summed E-state index contributed by atoms with van der Waals surface area (Å²) in [4.78, 5) is 16.9. The van der Waals surface area contributed by atoms with Gasteiger partial charge in [0.15, 0.2) is 0 Å². The Labute approximate surface area is 110 Å². The van der Waals surface area contributed by atoms with Gasteiger partial charge in [-0.25, -0.2) is 4.79 Å². The number of carbonyl (C=O) groups is 1. The van der Waals surface area contributed by atoms with Crippen LogP contribution in [0.25, 0.3) is 0 Å². The van der Waals surface area contributed by atoms with Crippen molar-refractivity contribution in [1.82, 2.24) is 10.4 Å². The third kappa shape index (κ3) is 31.6. The Morgan fingerprint density at radius 1 is 1.47 bits per heavy atom. The quantitative estimate of drug-likeness (QED) is 0.361. The van der Waals surface area contributed by atoms with Crippen LogP contribution in [0.2, 0.25) is 0 Å². The van der Waals surface area contributed by atoms with Crippen LogP contribution in [0.15, 0.2) is 12.7 Å². The first-order valence-electron chi connectivity index (χ1n) is 4.71. The van der Waals surface area contributed by atoms with E-state index in [0.29, 0.717) is 6.54 Å². The number of hydrogen-bond acceptors (Lipinski definition) is 4. The fraction of sp³-hybridized carbons (Fsp3) is 0.700. The maximum atomic E-state index is 10.4. The van der Waals surface area contributed by atoms with Crippen molar-refractivity contribution in [3.8, 4) is 0 Å². The summed E-state index contributed by atoms with van der Waals surface area (Å²) < 4.78 is 0. The smallest absolute Gasteiger partial charge is 0.348 e. The van der Waals surface area contributed by atoms with Crippen LogP contribution in [-0.4, -0.2) is 38.6 Å². The molecule has 5 heteroatoms. The van der Waals surface area contributed by atoms with E-state index in [1.54, 1.807) is 0 Å². The number of unbranched alkanes of at least 4 members (excludes halogenated alkanes) is 1. The van der Waals surface area contributed by atoms with Crippen molar-refractivity contribution in [1.29, 1.82) is 0 Å². The van der Waals surface area contributed by atoms with Crippen molar-refractivity contribution in [2.24, 2.45) is 0 Å². The maximum Gasteiger partial charge on any atom is 0.348 e. The minimum absolute atomic E-state index is 0. The Balaban J connectivity index is -0.000000249. The first kappa shape index (κ1) is 20.3. The topological polar surface area (TPSA) is 41.6 Å². The molecule has 0 amide bonds. The molecule has 0 saturated carbocycles. The van der Waals surface area contributed by atoms with Gasteiger partial charge in [-0.2, -0.15) is 5.48 Å². The summed E-state index contributed by atoms with van der Waals surface area (Å²) >= 11 is 0. The predicted molar refractivity (Wildman–Crippen MR) is 74.2 cm³/mol. The number of rotatable bonds is 5. The number of hydroxylamine groups is 1. The lowest BCUT2D eigenvalue weighted by atomic mass is 10.3. The second-order valence-corrected chi connectivity index (χ2v) is 3.21.